The summed E-state index contributed by atoms with van der Waals surface area (Å²) in [5, 5.41) is 6.06. The van der Waals surface area contributed by atoms with Gasteiger partial charge in [0.25, 0.3) is 0 Å². The Bertz CT molecular complexity index is 272. The Kier molecular flexibility index (Phi) is 2.57. The Morgan fingerprint density at radius 2 is 2.29 bits per heavy atom. The maximum atomic E-state index is 11.6. The van der Waals surface area contributed by atoms with Gasteiger partial charge in [-0.05, 0) is 32.1 Å². The molecule has 1 aliphatic carbocycles. The number of hydrazone groups is 1. The summed E-state index contributed by atoms with van der Waals surface area (Å²) in [4.78, 5) is 11.6. The van der Waals surface area contributed by atoms with Crippen LogP contribution in [0, 0.1) is 5.92 Å². The maximum Gasteiger partial charge on any atom is 0.248 e. The Morgan fingerprint density at radius 3 is 2.79 bits per heavy atom. The average Bonchev–Trinajstić information content (AvgIpc) is 2.71. The highest BCUT2D eigenvalue weighted by Gasteiger charge is 2.33. The van der Waals surface area contributed by atoms with Crippen molar-refractivity contribution in [2.24, 2.45) is 11.0 Å². The van der Waals surface area contributed by atoms with E-state index in [1.54, 1.807) is 5.01 Å². The lowest BCUT2D eigenvalue weighted by Crippen LogP contribution is -2.30. The van der Waals surface area contributed by atoms with Gasteiger partial charge < -0.3 is 0 Å². The number of amides is 1. The zero-order valence-corrected chi connectivity index (χ0v) is 8.99. The molecule has 2 aliphatic rings. The molecule has 1 aliphatic heterocycles. The topological polar surface area (TPSA) is 32.7 Å². The van der Waals surface area contributed by atoms with Gasteiger partial charge in [0.2, 0.25) is 5.91 Å². The van der Waals surface area contributed by atoms with Crippen molar-refractivity contribution in [2.45, 2.75) is 52.0 Å². The third-order valence-electron chi connectivity index (χ3n) is 3.38. The van der Waals surface area contributed by atoms with Crippen LogP contribution in [-0.4, -0.2) is 22.7 Å². The van der Waals surface area contributed by atoms with Crippen molar-refractivity contribution in [1.82, 2.24) is 5.01 Å². The van der Waals surface area contributed by atoms with E-state index in [1.807, 2.05) is 6.92 Å². The highest BCUT2D eigenvalue weighted by molar-refractivity contribution is 6.03. The first-order valence-corrected chi connectivity index (χ1v) is 5.56. The van der Waals surface area contributed by atoms with Crippen molar-refractivity contribution in [3.8, 4) is 0 Å². The van der Waals surface area contributed by atoms with Gasteiger partial charge in [-0.3, -0.25) is 4.79 Å². The molecule has 2 unspecified atom stereocenters. The summed E-state index contributed by atoms with van der Waals surface area (Å²) in [6, 6.07) is 0.393. The molecular weight excluding hydrogens is 176 g/mol. The number of carbonyl (C=O) groups excluding carboxylic acids is 1. The number of carbonyl (C=O) groups is 1. The molecule has 3 heteroatoms. The normalized spacial score (nSPS) is 32.6. The van der Waals surface area contributed by atoms with Crippen molar-refractivity contribution in [1.29, 1.82) is 0 Å². The fourth-order valence-electron chi connectivity index (χ4n) is 2.50. The molecule has 0 spiro atoms. The molecule has 3 nitrogen and oxygen atoms in total. The van der Waals surface area contributed by atoms with Gasteiger partial charge in [-0.2, -0.15) is 5.10 Å². The zero-order valence-electron chi connectivity index (χ0n) is 8.99. The van der Waals surface area contributed by atoms with Gasteiger partial charge in [0, 0.05) is 5.71 Å². The first-order chi connectivity index (χ1) is 6.70. The van der Waals surface area contributed by atoms with Crippen molar-refractivity contribution in [3.63, 3.8) is 0 Å². The molecule has 2 rings (SSSR count). The highest BCUT2D eigenvalue weighted by Crippen LogP contribution is 2.33. The predicted octanol–water partition coefficient (Wildman–Crippen LogP) is 2.17. The lowest BCUT2D eigenvalue weighted by Gasteiger charge is -2.19. The van der Waals surface area contributed by atoms with Gasteiger partial charge in [0.05, 0.1) is 12.5 Å². The molecule has 0 saturated heterocycles. The monoisotopic (exact) mass is 194 g/mol. The van der Waals surface area contributed by atoms with E-state index in [1.165, 1.54) is 12.8 Å². The number of hydrogen-bond acceptors (Lipinski definition) is 2. The smallest absolute Gasteiger partial charge is 0.248 e. The minimum Gasteiger partial charge on any atom is -0.273 e. The van der Waals surface area contributed by atoms with E-state index >= 15 is 0 Å². The summed E-state index contributed by atoms with van der Waals surface area (Å²) in [6.45, 7) is 4.16. The second kappa shape index (κ2) is 3.71. The molecule has 0 bridgehead atoms. The van der Waals surface area contributed by atoms with Gasteiger partial charge in [0.1, 0.15) is 0 Å². The minimum absolute atomic E-state index is 0.198. The molecule has 2 atom stereocenters. The molecule has 0 radical (unpaired) electrons. The third kappa shape index (κ3) is 1.68. The third-order valence-corrected chi connectivity index (χ3v) is 3.38. The van der Waals surface area contributed by atoms with E-state index in [0.717, 1.165) is 24.5 Å². The zero-order chi connectivity index (χ0) is 10.1. The molecular formula is C11H18N2O. The fraction of sp³-hybridized carbons (Fsp3) is 0.818. The Morgan fingerprint density at radius 1 is 1.50 bits per heavy atom. The van der Waals surface area contributed by atoms with E-state index in [9.17, 15) is 4.79 Å². The summed E-state index contributed by atoms with van der Waals surface area (Å²) in [7, 11) is 0. The molecule has 1 saturated carbocycles. The predicted molar refractivity (Wildman–Crippen MR) is 56.0 cm³/mol. The molecule has 0 N–H and O–H groups in total. The minimum atomic E-state index is 0.198. The van der Waals surface area contributed by atoms with Gasteiger partial charge in [-0.25, -0.2) is 5.01 Å². The summed E-state index contributed by atoms with van der Waals surface area (Å²) < 4.78 is 0. The van der Waals surface area contributed by atoms with E-state index in [4.69, 9.17) is 0 Å². The van der Waals surface area contributed by atoms with Crippen LogP contribution >= 0.6 is 0 Å². The summed E-state index contributed by atoms with van der Waals surface area (Å²) >= 11 is 0. The second-order valence-corrected chi connectivity index (χ2v) is 4.49. The number of hydrogen-bond donors (Lipinski definition) is 0. The number of nitrogens with zero attached hydrogens (tertiary/aromatic N) is 2. The lowest BCUT2D eigenvalue weighted by molar-refractivity contribution is -0.130. The maximum absolute atomic E-state index is 11.6. The molecule has 14 heavy (non-hydrogen) atoms. The molecule has 0 aromatic heterocycles. The fourth-order valence-corrected chi connectivity index (χ4v) is 2.50. The van der Waals surface area contributed by atoms with Crippen LogP contribution in [0.4, 0.5) is 0 Å². The van der Waals surface area contributed by atoms with E-state index in [0.29, 0.717) is 12.5 Å². The van der Waals surface area contributed by atoms with Crippen LogP contribution in [0.15, 0.2) is 5.10 Å². The summed E-state index contributed by atoms with van der Waals surface area (Å²) in [5.74, 6) is 1.01. The largest absolute Gasteiger partial charge is 0.273 e. The standard InChI is InChI=1S/C11H18N2O/c1-3-9-4-5-10(7-9)13-11(14)6-8(2)12-13/h9-10H,3-7H2,1-2H3. The Hall–Kier alpha value is -0.860. The molecule has 78 valence electrons. The van der Waals surface area contributed by atoms with Gasteiger partial charge in [-0.1, -0.05) is 13.3 Å². The quantitative estimate of drug-likeness (QED) is 0.663. The van der Waals surface area contributed by atoms with Gasteiger partial charge in [0.15, 0.2) is 0 Å². The molecule has 1 heterocycles. The van der Waals surface area contributed by atoms with Gasteiger partial charge >= 0.3 is 0 Å². The van der Waals surface area contributed by atoms with Crippen molar-refractivity contribution >= 4 is 11.6 Å². The number of rotatable bonds is 2. The first kappa shape index (κ1) is 9.69. The van der Waals surface area contributed by atoms with Crippen LogP contribution in [0.3, 0.4) is 0 Å². The van der Waals surface area contributed by atoms with Crippen LogP contribution in [0.25, 0.3) is 0 Å². The SMILES string of the molecule is CCC1CCC(N2N=C(C)CC2=O)C1. The van der Waals surface area contributed by atoms with E-state index < -0.39 is 0 Å². The highest BCUT2D eigenvalue weighted by atomic mass is 16.2. The van der Waals surface area contributed by atoms with Crippen LogP contribution in [0.1, 0.15) is 46.0 Å². The van der Waals surface area contributed by atoms with E-state index in [-0.39, 0.29) is 5.91 Å². The van der Waals surface area contributed by atoms with Crippen LogP contribution in [0.2, 0.25) is 0 Å². The van der Waals surface area contributed by atoms with Gasteiger partial charge in [-0.15, -0.1) is 0 Å². The molecule has 0 aromatic carbocycles. The van der Waals surface area contributed by atoms with Crippen LogP contribution in [0.5, 0.6) is 0 Å². The van der Waals surface area contributed by atoms with Crippen LogP contribution < -0.4 is 0 Å². The van der Waals surface area contributed by atoms with Crippen LogP contribution in [-0.2, 0) is 4.79 Å². The molecule has 1 fully saturated rings. The summed E-state index contributed by atoms with van der Waals surface area (Å²) in [6.07, 6.45) is 5.33. The van der Waals surface area contributed by atoms with E-state index in [2.05, 4.69) is 12.0 Å². The first-order valence-electron chi connectivity index (χ1n) is 5.56. The van der Waals surface area contributed by atoms with Crippen molar-refractivity contribution in [2.75, 3.05) is 0 Å². The lowest BCUT2D eigenvalue weighted by atomic mass is 10.1. The average molecular weight is 194 g/mol. The summed E-state index contributed by atoms with van der Waals surface area (Å²) in [5.41, 5.74) is 0.968. The molecule has 0 aromatic rings. The molecule has 1 amide bonds. The second-order valence-electron chi connectivity index (χ2n) is 4.49. The van der Waals surface area contributed by atoms with Crippen molar-refractivity contribution < 1.29 is 4.79 Å². The Balaban J connectivity index is 2.00. The van der Waals surface area contributed by atoms with Crippen molar-refractivity contribution in [3.05, 3.63) is 0 Å². The Labute approximate surface area is 85.2 Å².